The number of rotatable bonds is 5. The summed E-state index contributed by atoms with van der Waals surface area (Å²) in [7, 11) is 0. The summed E-state index contributed by atoms with van der Waals surface area (Å²) < 4.78 is 26.7. The molecular formula is C19H14ClF2N3O. The Morgan fingerprint density at radius 2 is 1.85 bits per heavy atom. The topological polar surface area (TPSA) is 54.0 Å². The first-order valence-corrected chi connectivity index (χ1v) is 8.10. The van der Waals surface area contributed by atoms with Gasteiger partial charge in [0.05, 0.1) is 10.6 Å². The maximum Gasteiger partial charge on any atom is 0.253 e. The van der Waals surface area contributed by atoms with Crippen LogP contribution in [0.25, 0.3) is 0 Å². The molecule has 0 radical (unpaired) electrons. The molecule has 1 heterocycles. The Kier molecular flexibility index (Phi) is 5.43. The molecule has 2 N–H and O–H groups in total. The molecule has 4 nitrogen and oxygen atoms in total. The van der Waals surface area contributed by atoms with Crippen molar-refractivity contribution in [2.24, 2.45) is 0 Å². The molecule has 0 aliphatic carbocycles. The van der Waals surface area contributed by atoms with Gasteiger partial charge in [-0.15, -0.1) is 0 Å². The summed E-state index contributed by atoms with van der Waals surface area (Å²) in [5.41, 5.74) is 1.31. The third-order valence-corrected chi connectivity index (χ3v) is 3.90. The highest BCUT2D eigenvalue weighted by molar-refractivity contribution is 6.31. The fraction of sp³-hybridized carbons (Fsp3) is 0.0526. The number of benzene rings is 2. The lowest BCUT2D eigenvalue weighted by atomic mass is 10.2. The second kappa shape index (κ2) is 7.93. The molecule has 7 heteroatoms. The molecule has 0 bridgehead atoms. The van der Waals surface area contributed by atoms with Gasteiger partial charge in [0.2, 0.25) is 0 Å². The highest BCUT2D eigenvalue weighted by Crippen LogP contribution is 2.22. The van der Waals surface area contributed by atoms with Crippen LogP contribution in [0.4, 0.5) is 20.3 Å². The minimum atomic E-state index is -0.507. The first-order valence-electron chi connectivity index (χ1n) is 7.72. The Labute approximate surface area is 153 Å². The van der Waals surface area contributed by atoms with Gasteiger partial charge in [0, 0.05) is 24.0 Å². The number of nitrogens with zero attached hydrogens (tertiary/aromatic N) is 1. The van der Waals surface area contributed by atoms with Crippen LogP contribution in [0.5, 0.6) is 0 Å². The second-order valence-electron chi connectivity index (χ2n) is 5.46. The molecule has 2 aromatic carbocycles. The molecule has 0 aliphatic rings. The number of pyridine rings is 1. The summed E-state index contributed by atoms with van der Waals surface area (Å²) in [4.78, 5) is 16.3. The van der Waals surface area contributed by atoms with Crippen LogP contribution in [0.1, 0.15) is 15.9 Å². The highest BCUT2D eigenvalue weighted by Gasteiger charge is 2.08. The molecule has 0 saturated heterocycles. The Morgan fingerprint density at radius 3 is 2.54 bits per heavy atom. The molecular weight excluding hydrogens is 360 g/mol. The zero-order valence-corrected chi connectivity index (χ0v) is 14.2. The predicted molar refractivity (Wildman–Crippen MR) is 96.5 cm³/mol. The molecule has 1 aromatic heterocycles. The Morgan fingerprint density at radius 1 is 1.04 bits per heavy atom. The van der Waals surface area contributed by atoms with E-state index >= 15 is 0 Å². The maximum atomic E-state index is 13.6. The predicted octanol–water partition coefficient (Wildman–Crippen LogP) is 4.69. The van der Waals surface area contributed by atoms with Gasteiger partial charge in [0.1, 0.15) is 17.5 Å². The molecule has 0 unspecified atom stereocenters. The lowest BCUT2D eigenvalue weighted by Crippen LogP contribution is -2.23. The van der Waals surface area contributed by atoms with E-state index in [4.69, 9.17) is 11.6 Å². The summed E-state index contributed by atoms with van der Waals surface area (Å²) in [5, 5.41) is 5.60. The summed E-state index contributed by atoms with van der Waals surface area (Å²) in [6.45, 7) is 0.0829. The van der Waals surface area contributed by atoms with Crippen molar-refractivity contribution in [1.29, 1.82) is 0 Å². The van der Waals surface area contributed by atoms with Crippen molar-refractivity contribution in [3.63, 3.8) is 0 Å². The third kappa shape index (κ3) is 4.34. The average molecular weight is 374 g/mol. The Balaban J connectivity index is 1.62. The number of amides is 1. The molecule has 0 fully saturated rings. The van der Waals surface area contributed by atoms with E-state index in [1.807, 2.05) is 0 Å². The van der Waals surface area contributed by atoms with Crippen molar-refractivity contribution >= 4 is 29.0 Å². The van der Waals surface area contributed by atoms with Gasteiger partial charge < -0.3 is 10.6 Å². The SMILES string of the molecule is O=C(NCc1ccccc1F)c1ccc(Nc2ccc(F)c(Cl)c2)nc1. The van der Waals surface area contributed by atoms with Gasteiger partial charge in [0.25, 0.3) is 5.91 Å². The fourth-order valence-corrected chi connectivity index (χ4v) is 2.42. The van der Waals surface area contributed by atoms with Gasteiger partial charge in [0.15, 0.2) is 0 Å². The van der Waals surface area contributed by atoms with Crippen molar-refractivity contribution in [3.05, 3.63) is 88.6 Å². The molecule has 3 aromatic rings. The molecule has 26 heavy (non-hydrogen) atoms. The normalized spacial score (nSPS) is 10.4. The Bertz CT molecular complexity index is 932. The maximum absolute atomic E-state index is 13.6. The van der Waals surface area contributed by atoms with E-state index in [9.17, 15) is 13.6 Å². The number of carbonyl (C=O) groups excluding carboxylic acids is 1. The van der Waals surface area contributed by atoms with Crippen LogP contribution in [0.3, 0.4) is 0 Å². The van der Waals surface area contributed by atoms with E-state index in [0.29, 0.717) is 22.6 Å². The number of halogens is 3. The van der Waals surface area contributed by atoms with Crippen LogP contribution in [0.2, 0.25) is 5.02 Å². The molecule has 3 rings (SSSR count). The number of aromatic nitrogens is 1. The van der Waals surface area contributed by atoms with Crippen LogP contribution in [0, 0.1) is 11.6 Å². The first-order chi connectivity index (χ1) is 12.5. The minimum Gasteiger partial charge on any atom is -0.348 e. The molecule has 0 saturated carbocycles. The summed E-state index contributed by atoms with van der Waals surface area (Å²) in [5.74, 6) is -0.772. The van der Waals surface area contributed by atoms with Gasteiger partial charge in [-0.25, -0.2) is 13.8 Å². The largest absolute Gasteiger partial charge is 0.348 e. The van der Waals surface area contributed by atoms with Gasteiger partial charge >= 0.3 is 0 Å². The molecule has 0 atom stereocenters. The van der Waals surface area contributed by atoms with E-state index in [-0.39, 0.29) is 23.3 Å². The zero-order chi connectivity index (χ0) is 18.5. The molecule has 0 aliphatic heterocycles. The van der Waals surface area contributed by atoms with Gasteiger partial charge in [-0.1, -0.05) is 29.8 Å². The molecule has 1 amide bonds. The van der Waals surface area contributed by atoms with Crippen molar-refractivity contribution in [3.8, 4) is 0 Å². The van der Waals surface area contributed by atoms with E-state index < -0.39 is 5.82 Å². The number of hydrogen-bond donors (Lipinski definition) is 2. The standard InChI is InChI=1S/C19H14ClF2N3O/c20-15-9-14(6-7-17(15)22)25-18-8-5-13(11-23-18)19(26)24-10-12-3-1-2-4-16(12)21/h1-9,11H,10H2,(H,23,25)(H,24,26). The number of hydrogen-bond acceptors (Lipinski definition) is 3. The van der Waals surface area contributed by atoms with E-state index in [0.717, 1.165) is 0 Å². The van der Waals surface area contributed by atoms with Crippen LogP contribution in [0.15, 0.2) is 60.8 Å². The van der Waals surface area contributed by atoms with Crippen molar-refractivity contribution < 1.29 is 13.6 Å². The molecule has 0 spiro atoms. The number of nitrogens with one attached hydrogen (secondary N) is 2. The van der Waals surface area contributed by atoms with Crippen molar-refractivity contribution in [1.82, 2.24) is 10.3 Å². The van der Waals surface area contributed by atoms with E-state index in [1.165, 1.54) is 30.5 Å². The number of anilines is 2. The lowest BCUT2D eigenvalue weighted by Gasteiger charge is -2.08. The van der Waals surface area contributed by atoms with Crippen LogP contribution in [-0.2, 0) is 6.54 Å². The fourth-order valence-electron chi connectivity index (χ4n) is 2.24. The number of carbonyl (C=O) groups is 1. The van der Waals surface area contributed by atoms with Crippen LogP contribution in [-0.4, -0.2) is 10.9 Å². The van der Waals surface area contributed by atoms with Crippen LogP contribution >= 0.6 is 11.6 Å². The van der Waals surface area contributed by atoms with Gasteiger partial charge in [-0.05, 0) is 36.4 Å². The second-order valence-corrected chi connectivity index (χ2v) is 5.87. The zero-order valence-electron chi connectivity index (χ0n) is 13.5. The first kappa shape index (κ1) is 17.8. The molecule has 132 valence electrons. The Hall–Kier alpha value is -2.99. The smallest absolute Gasteiger partial charge is 0.253 e. The van der Waals surface area contributed by atoms with E-state index in [2.05, 4.69) is 15.6 Å². The summed E-state index contributed by atoms with van der Waals surface area (Å²) in [6, 6.07) is 13.6. The quantitative estimate of drug-likeness (QED) is 0.682. The summed E-state index contributed by atoms with van der Waals surface area (Å²) in [6.07, 6.45) is 1.39. The van der Waals surface area contributed by atoms with Crippen LogP contribution < -0.4 is 10.6 Å². The van der Waals surface area contributed by atoms with Crippen molar-refractivity contribution in [2.75, 3.05) is 5.32 Å². The third-order valence-electron chi connectivity index (χ3n) is 3.61. The van der Waals surface area contributed by atoms with Crippen molar-refractivity contribution in [2.45, 2.75) is 6.54 Å². The summed E-state index contributed by atoms with van der Waals surface area (Å²) >= 11 is 5.73. The minimum absolute atomic E-state index is 0.000794. The van der Waals surface area contributed by atoms with E-state index in [1.54, 1.807) is 30.3 Å². The van der Waals surface area contributed by atoms with Gasteiger partial charge in [-0.3, -0.25) is 4.79 Å². The van der Waals surface area contributed by atoms with Gasteiger partial charge in [-0.2, -0.15) is 0 Å². The highest BCUT2D eigenvalue weighted by atomic mass is 35.5. The monoisotopic (exact) mass is 373 g/mol. The average Bonchev–Trinajstić information content (AvgIpc) is 2.64. The lowest BCUT2D eigenvalue weighted by molar-refractivity contribution is 0.0950.